The summed E-state index contributed by atoms with van der Waals surface area (Å²) in [5, 5.41) is 0. The SMILES string of the molecule is CN[N+](C)(ON)ON. The fraction of sp³-hybridized carbons (Fsp3) is 1.00. The molecule has 0 aliphatic heterocycles. The Balaban J connectivity index is 3.58. The van der Waals surface area contributed by atoms with Crippen molar-refractivity contribution >= 4 is 0 Å². The summed E-state index contributed by atoms with van der Waals surface area (Å²) in [4.78, 5) is 7.94. The summed E-state index contributed by atoms with van der Waals surface area (Å²) in [5.41, 5.74) is 2.52. The van der Waals surface area contributed by atoms with E-state index in [0.29, 0.717) is 0 Å². The van der Waals surface area contributed by atoms with E-state index < -0.39 is 4.92 Å². The largest absolute Gasteiger partial charge is 0.157 e. The van der Waals surface area contributed by atoms with Crippen LogP contribution < -0.4 is 17.2 Å². The number of hydrogen-bond acceptors (Lipinski definition) is 5. The van der Waals surface area contributed by atoms with E-state index in [1.54, 1.807) is 7.05 Å². The Labute approximate surface area is 47.3 Å². The molecule has 0 aliphatic rings. The Kier molecular flexibility index (Phi) is 2.84. The molecule has 0 amide bonds. The lowest BCUT2D eigenvalue weighted by Gasteiger charge is -2.19. The predicted octanol–water partition coefficient (Wildman–Crippen LogP) is -1.82. The molecule has 0 heterocycles. The van der Waals surface area contributed by atoms with Crippen molar-refractivity contribution in [2.75, 3.05) is 14.1 Å². The van der Waals surface area contributed by atoms with Crippen LogP contribution in [0.4, 0.5) is 0 Å². The van der Waals surface area contributed by atoms with Gasteiger partial charge in [0.05, 0.1) is 4.92 Å². The molecule has 0 rings (SSSR count). The van der Waals surface area contributed by atoms with E-state index in [1.165, 1.54) is 7.05 Å². The summed E-state index contributed by atoms with van der Waals surface area (Å²) in [5.74, 6) is 9.47. The van der Waals surface area contributed by atoms with E-state index in [-0.39, 0.29) is 0 Å². The molecule has 6 nitrogen and oxygen atoms in total. The number of rotatable bonds is 3. The Morgan fingerprint density at radius 1 is 1.38 bits per heavy atom. The van der Waals surface area contributed by atoms with E-state index in [4.69, 9.17) is 11.8 Å². The molecule has 0 unspecified atom stereocenters. The van der Waals surface area contributed by atoms with E-state index in [0.717, 1.165) is 0 Å². The Morgan fingerprint density at radius 3 is 1.75 bits per heavy atom. The first-order valence-electron chi connectivity index (χ1n) is 2.01. The molecule has 5 N–H and O–H groups in total. The summed E-state index contributed by atoms with van der Waals surface area (Å²) in [6.07, 6.45) is 0. The lowest BCUT2D eigenvalue weighted by molar-refractivity contribution is -1.27. The highest BCUT2D eigenvalue weighted by Crippen LogP contribution is 1.88. The second-order valence-electron chi connectivity index (χ2n) is 1.28. The average Bonchev–Trinajstić information content (AvgIpc) is 1.87. The Bertz CT molecular complexity index is 54.8. The quantitative estimate of drug-likeness (QED) is 0.304. The normalized spacial score (nSPS) is 12.0. The summed E-state index contributed by atoms with van der Waals surface area (Å²) < 4.78 is 0. The molecule has 50 valence electrons. The van der Waals surface area contributed by atoms with Crippen LogP contribution in [0.3, 0.4) is 0 Å². The van der Waals surface area contributed by atoms with Gasteiger partial charge in [0, 0.05) is 7.05 Å². The first kappa shape index (κ1) is 7.76. The number of nitrogens with two attached hydrogens (primary N) is 2. The van der Waals surface area contributed by atoms with Crippen molar-refractivity contribution in [3.8, 4) is 0 Å². The monoisotopic (exact) mass is 123 g/mol. The van der Waals surface area contributed by atoms with Crippen molar-refractivity contribution in [1.82, 2.24) is 5.43 Å². The van der Waals surface area contributed by atoms with Crippen LogP contribution in [-0.2, 0) is 9.88 Å². The second-order valence-corrected chi connectivity index (χ2v) is 1.28. The van der Waals surface area contributed by atoms with Crippen molar-refractivity contribution < 1.29 is 14.8 Å². The number of hydroxylamine groups is 2. The van der Waals surface area contributed by atoms with Crippen LogP contribution in [0.25, 0.3) is 0 Å². The highest BCUT2D eigenvalue weighted by molar-refractivity contribution is 3.79. The van der Waals surface area contributed by atoms with E-state index in [1.807, 2.05) is 0 Å². The van der Waals surface area contributed by atoms with Crippen LogP contribution in [0.1, 0.15) is 0 Å². The Hall–Kier alpha value is -0.240. The molecule has 0 fully saturated rings. The van der Waals surface area contributed by atoms with Gasteiger partial charge in [-0.05, 0) is 0 Å². The highest BCUT2D eigenvalue weighted by atomic mass is 17.1. The van der Waals surface area contributed by atoms with Crippen molar-refractivity contribution in [2.45, 2.75) is 0 Å². The second kappa shape index (κ2) is 2.92. The molecular weight excluding hydrogens is 112 g/mol. The van der Waals surface area contributed by atoms with Gasteiger partial charge in [-0.25, -0.2) is 0 Å². The van der Waals surface area contributed by atoms with Crippen LogP contribution in [0.5, 0.6) is 0 Å². The summed E-state index contributed by atoms with van der Waals surface area (Å²) >= 11 is 0. The van der Waals surface area contributed by atoms with Gasteiger partial charge in [-0.3, -0.25) is 0 Å². The minimum absolute atomic E-state index is 0.486. The van der Waals surface area contributed by atoms with Crippen LogP contribution in [-0.4, -0.2) is 19.0 Å². The van der Waals surface area contributed by atoms with Crippen LogP contribution in [0.15, 0.2) is 0 Å². The minimum Gasteiger partial charge on any atom is -0.155 e. The molecule has 0 saturated heterocycles. The van der Waals surface area contributed by atoms with Gasteiger partial charge in [0.15, 0.2) is 7.05 Å². The van der Waals surface area contributed by atoms with E-state index in [9.17, 15) is 0 Å². The predicted molar refractivity (Wildman–Crippen MR) is 25.8 cm³/mol. The molecule has 0 bridgehead atoms. The summed E-state index contributed by atoms with van der Waals surface area (Å²) in [6, 6.07) is 0. The third-order valence-electron chi connectivity index (χ3n) is 0.808. The van der Waals surface area contributed by atoms with Crippen LogP contribution in [0.2, 0.25) is 0 Å². The van der Waals surface area contributed by atoms with Crippen LogP contribution in [0, 0.1) is 0 Å². The molecule has 0 saturated carbocycles. The molecule has 0 spiro atoms. The lowest BCUT2D eigenvalue weighted by Crippen LogP contribution is -2.56. The van der Waals surface area contributed by atoms with Gasteiger partial charge < -0.3 is 0 Å². The maximum absolute atomic E-state index is 4.73. The maximum Gasteiger partial charge on any atom is 0.157 e. The molecule has 0 aromatic carbocycles. The number of nitrogens with one attached hydrogen (secondary N) is 1. The molecule has 8 heavy (non-hydrogen) atoms. The molecule has 0 radical (unpaired) electrons. The first-order valence-corrected chi connectivity index (χ1v) is 2.01. The van der Waals surface area contributed by atoms with Crippen molar-refractivity contribution in [2.24, 2.45) is 11.8 Å². The molecule has 0 atom stereocenters. The first-order chi connectivity index (χ1) is 3.68. The third-order valence-corrected chi connectivity index (χ3v) is 0.808. The zero-order valence-electron chi connectivity index (χ0n) is 4.92. The van der Waals surface area contributed by atoms with Gasteiger partial charge in [-0.1, -0.05) is 9.88 Å². The molecule has 0 aliphatic carbocycles. The average molecular weight is 123 g/mol. The maximum atomic E-state index is 4.73. The summed E-state index contributed by atoms with van der Waals surface area (Å²) in [6.45, 7) is 0. The third kappa shape index (κ3) is 1.70. The van der Waals surface area contributed by atoms with Gasteiger partial charge in [0.2, 0.25) is 0 Å². The number of nitrogens with zero attached hydrogens (tertiary/aromatic N) is 1. The standard InChI is InChI=1S/C2H11N4O2/c1-5-6(2,7-3)8-4/h5H,3-4H2,1-2H3/q+1. The zero-order valence-corrected chi connectivity index (χ0v) is 4.92. The van der Waals surface area contributed by atoms with Crippen LogP contribution >= 0.6 is 0 Å². The minimum atomic E-state index is -0.486. The molecule has 0 aromatic heterocycles. The van der Waals surface area contributed by atoms with Crippen molar-refractivity contribution in [3.63, 3.8) is 0 Å². The fourth-order valence-corrected chi connectivity index (χ4v) is 0.130. The van der Waals surface area contributed by atoms with Gasteiger partial charge in [0.1, 0.15) is 0 Å². The molecular formula is C2H11N4O2+. The molecule has 0 aromatic rings. The highest BCUT2D eigenvalue weighted by Gasteiger charge is 2.20. The van der Waals surface area contributed by atoms with E-state index >= 15 is 0 Å². The zero-order chi connectivity index (χ0) is 6.62. The Morgan fingerprint density at radius 2 is 1.75 bits per heavy atom. The number of hydrogen-bond donors (Lipinski definition) is 3. The van der Waals surface area contributed by atoms with Crippen molar-refractivity contribution in [3.05, 3.63) is 0 Å². The van der Waals surface area contributed by atoms with Crippen molar-refractivity contribution in [1.29, 1.82) is 0 Å². The fourth-order valence-electron chi connectivity index (χ4n) is 0.130. The topological polar surface area (TPSA) is 82.5 Å². The number of quaternary nitrogens is 1. The smallest absolute Gasteiger partial charge is 0.155 e. The van der Waals surface area contributed by atoms with Gasteiger partial charge in [-0.2, -0.15) is 11.8 Å². The lowest BCUT2D eigenvalue weighted by atomic mass is 11.3. The van der Waals surface area contributed by atoms with Gasteiger partial charge in [-0.15, -0.1) is 5.43 Å². The summed E-state index contributed by atoms with van der Waals surface area (Å²) in [7, 11) is 3.07. The van der Waals surface area contributed by atoms with E-state index in [2.05, 4.69) is 15.3 Å². The van der Waals surface area contributed by atoms with Gasteiger partial charge >= 0.3 is 0 Å². The molecule has 6 heteroatoms. The van der Waals surface area contributed by atoms with Gasteiger partial charge in [0.25, 0.3) is 0 Å².